The number of carbonyl (C=O) groups excluding carboxylic acids is 1. The van der Waals surface area contributed by atoms with Crippen LogP contribution in [0.1, 0.15) is 43.9 Å². The molecule has 0 saturated carbocycles. The molecule has 1 fully saturated rings. The smallest absolute Gasteiger partial charge is 0.331 e. The van der Waals surface area contributed by atoms with Gasteiger partial charge in [0.2, 0.25) is 5.95 Å². The fourth-order valence-corrected chi connectivity index (χ4v) is 4.45. The van der Waals surface area contributed by atoms with Crippen molar-refractivity contribution in [3.8, 4) is 11.3 Å². The predicted octanol–water partition coefficient (Wildman–Crippen LogP) is 4.45. The van der Waals surface area contributed by atoms with Crippen LogP contribution < -0.4 is 9.80 Å². The van der Waals surface area contributed by atoms with Gasteiger partial charge >= 0.3 is 12.0 Å². The van der Waals surface area contributed by atoms with E-state index in [9.17, 15) is 24.2 Å². The summed E-state index contributed by atoms with van der Waals surface area (Å²) in [4.78, 5) is 36.9. The molecule has 39 heavy (non-hydrogen) atoms. The average Bonchev–Trinajstić information content (AvgIpc) is 3.28. The molecule has 9 nitrogen and oxygen atoms in total. The molecule has 0 unspecified atom stereocenters. The molecule has 0 bridgehead atoms. The van der Waals surface area contributed by atoms with Crippen LogP contribution in [0, 0.1) is 5.82 Å². The Morgan fingerprint density at radius 2 is 1.69 bits per heavy atom. The summed E-state index contributed by atoms with van der Waals surface area (Å²) in [6, 6.07) is 14.9. The number of rotatable bonds is 10. The van der Waals surface area contributed by atoms with Gasteiger partial charge in [0.1, 0.15) is 5.82 Å². The molecule has 2 heterocycles. The molecule has 3 N–H and O–H groups in total. The maximum Gasteiger partial charge on any atom is 0.331 e. The summed E-state index contributed by atoms with van der Waals surface area (Å²) in [5.41, 5.74) is 2.99. The van der Waals surface area contributed by atoms with E-state index in [4.69, 9.17) is 15.1 Å². The third-order valence-electron chi connectivity index (χ3n) is 6.36. The largest absolute Gasteiger partial charge is 0.481 e. The molecule has 2 atom stereocenters. The maximum absolute atomic E-state index is 13.8. The molecule has 10 heteroatoms. The molecule has 0 aliphatic carbocycles. The molecule has 204 valence electrons. The number of aliphatic hydroxyl groups is 2. The van der Waals surface area contributed by atoms with Gasteiger partial charge in [-0.3, -0.25) is 14.6 Å². The maximum atomic E-state index is 13.8. The lowest BCUT2D eigenvalue weighted by Gasteiger charge is -2.21. The number of carboxylic acids is 1. The average molecular weight is 535 g/mol. The Kier molecular flexibility index (Phi) is 8.68. The van der Waals surface area contributed by atoms with Gasteiger partial charge in [0.15, 0.2) is 0 Å². The highest BCUT2D eigenvalue weighted by molar-refractivity contribution is 6.05. The molecule has 3 aromatic rings. The van der Waals surface area contributed by atoms with Crippen molar-refractivity contribution in [3.05, 3.63) is 77.7 Å². The molecule has 1 aliphatic rings. The van der Waals surface area contributed by atoms with Crippen LogP contribution in [0.25, 0.3) is 17.3 Å². The SMILES string of the molecule is CC(C)c1nc(N2CCN(c3ccccc3)C2=O)nc(-c2ccc(F)cc2)c1/C=C/[C@@H](O)C[C@@H](O)CC(=O)O. The Morgan fingerprint density at radius 3 is 2.33 bits per heavy atom. The first-order chi connectivity index (χ1) is 18.6. The lowest BCUT2D eigenvalue weighted by molar-refractivity contribution is -0.139. The molecule has 0 radical (unpaired) electrons. The van der Waals surface area contributed by atoms with Crippen molar-refractivity contribution in [1.82, 2.24) is 9.97 Å². The summed E-state index contributed by atoms with van der Waals surface area (Å²) in [6.45, 7) is 4.71. The highest BCUT2D eigenvalue weighted by atomic mass is 19.1. The second-order valence-electron chi connectivity index (χ2n) is 9.67. The Morgan fingerprint density at radius 1 is 1.03 bits per heavy atom. The Bertz CT molecular complexity index is 1350. The number of anilines is 2. The number of amides is 2. The highest BCUT2D eigenvalue weighted by Crippen LogP contribution is 2.33. The zero-order chi connectivity index (χ0) is 28.1. The van der Waals surface area contributed by atoms with Crippen molar-refractivity contribution in [2.75, 3.05) is 22.9 Å². The molecular formula is C29H31FN4O5. The summed E-state index contributed by atoms with van der Waals surface area (Å²) in [5, 5.41) is 29.2. The fourth-order valence-electron chi connectivity index (χ4n) is 4.45. The molecule has 0 spiro atoms. The molecule has 1 aromatic heterocycles. The first-order valence-electron chi connectivity index (χ1n) is 12.7. The van der Waals surface area contributed by atoms with Gasteiger partial charge in [0.05, 0.1) is 30.0 Å². The molecule has 1 aliphatic heterocycles. The van der Waals surface area contributed by atoms with E-state index in [0.717, 1.165) is 5.69 Å². The summed E-state index contributed by atoms with van der Waals surface area (Å²) in [6.07, 6.45) is 0.0844. The minimum Gasteiger partial charge on any atom is -0.481 e. The number of benzene rings is 2. The van der Waals surface area contributed by atoms with Crippen LogP contribution in [0.5, 0.6) is 0 Å². The second kappa shape index (κ2) is 12.1. The van der Waals surface area contributed by atoms with E-state index in [2.05, 4.69) is 0 Å². The van der Waals surface area contributed by atoms with Gasteiger partial charge in [-0.15, -0.1) is 0 Å². The van der Waals surface area contributed by atoms with Crippen molar-refractivity contribution < 1.29 is 29.3 Å². The number of urea groups is 1. The van der Waals surface area contributed by atoms with Gasteiger partial charge in [0.25, 0.3) is 0 Å². The standard InChI is InChI=1S/C29H31FN4O5/c1-18(2)26-24(13-12-22(35)16-23(36)17-25(37)38)27(19-8-10-20(30)11-9-19)32-28(31-26)34-15-14-33(29(34)39)21-6-4-3-5-7-21/h3-13,18,22-23,35-36H,14-17H2,1-2H3,(H,37,38)/b13-12+/t22-,23-/m1/s1. The first kappa shape index (κ1) is 27.9. The number of nitrogens with zero attached hydrogens (tertiary/aromatic N) is 4. The number of aliphatic carboxylic acids is 1. The van der Waals surface area contributed by atoms with Crippen molar-refractivity contribution in [2.24, 2.45) is 0 Å². The number of hydrogen-bond acceptors (Lipinski definition) is 6. The van der Waals surface area contributed by atoms with Crippen LogP contribution in [-0.4, -0.2) is 62.6 Å². The third-order valence-corrected chi connectivity index (χ3v) is 6.36. The monoisotopic (exact) mass is 534 g/mol. The van der Waals surface area contributed by atoms with Gasteiger partial charge < -0.3 is 15.3 Å². The Labute approximate surface area is 225 Å². The highest BCUT2D eigenvalue weighted by Gasteiger charge is 2.33. The van der Waals surface area contributed by atoms with Crippen LogP contribution >= 0.6 is 0 Å². The minimum absolute atomic E-state index is 0.108. The summed E-state index contributed by atoms with van der Waals surface area (Å²) in [5.74, 6) is -1.46. The number of hydrogen-bond donors (Lipinski definition) is 3. The molecule has 1 saturated heterocycles. The number of aromatic nitrogens is 2. The minimum atomic E-state index is -1.21. The topological polar surface area (TPSA) is 127 Å². The lowest BCUT2D eigenvalue weighted by atomic mass is 9.97. The molecule has 2 amide bonds. The van der Waals surface area contributed by atoms with Gasteiger partial charge in [-0.2, -0.15) is 0 Å². The van der Waals surface area contributed by atoms with E-state index in [1.165, 1.54) is 23.1 Å². The molecule has 4 rings (SSSR count). The van der Waals surface area contributed by atoms with E-state index < -0.39 is 30.4 Å². The number of aliphatic hydroxyl groups excluding tert-OH is 2. The molecule has 2 aromatic carbocycles. The van der Waals surface area contributed by atoms with E-state index >= 15 is 0 Å². The van der Waals surface area contributed by atoms with Crippen LogP contribution in [-0.2, 0) is 4.79 Å². The predicted molar refractivity (Wildman–Crippen MR) is 146 cm³/mol. The summed E-state index contributed by atoms with van der Waals surface area (Å²) in [7, 11) is 0. The first-order valence-corrected chi connectivity index (χ1v) is 12.7. The van der Waals surface area contributed by atoms with Crippen LogP contribution in [0.15, 0.2) is 60.7 Å². The van der Waals surface area contributed by atoms with Crippen molar-refractivity contribution in [3.63, 3.8) is 0 Å². The van der Waals surface area contributed by atoms with Crippen LogP contribution in [0.3, 0.4) is 0 Å². The van der Waals surface area contributed by atoms with E-state index in [1.54, 1.807) is 23.1 Å². The van der Waals surface area contributed by atoms with E-state index in [-0.39, 0.29) is 24.3 Å². The summed E-state index contributed by atoms with van der Waals surface area (Å²) >= 11 is 0. The Hall–Kier alpha value is -4.15. The number of carboxylic acid groups (broad SMARTS) is 1. The lowest BCUT2D eigenvalue weighted by Crippen LogP contribution is -2.33. The van der Waals surface area contributed by atoms with Crippen LogP contribution in [0.4, 0.5) is 20.8 Å². The summed E-state index contributed by atoms with van der Waals surface area (Å²) < 4.78 is 13.8. The van der Waals surface area contributed by atoms with Crippen molar-refractivity contribution in [2.45, 2.75) is 44.8 Å². The quantitative estimate of drug-likeness (QED) is 0.351. The zero-order valence-corrected chi connectivity index (χ0v) is 21.7. The van der Waals surface area contributed by atoms with Crippen LogP contribution in [0.2, 0.25) is 0 Å². The van der Waals surface area contributed by atoms with Gasteiger partial charge in [-0.25, -0.2) is 19.2 Å². The number of halogens is 1. The van der Waals surface area contributed by atoms with Gasteiger partial charge in [-0.05, 0) is 42.3 Å². The second-order valence-corrected chi connectivity index (χ2v) is 9.67. The Balaban J connectivity index is 1.74. The van der Waals surface area contributed by atoms with E-state index in [0.29, 0.717) is 35.6 Å². The van der Waals surface area contributed by atoms with E-state index in [1.807, 2.05) is 44.2 Å². The van der Waals surface area contributed by atoms with Crippen molar-refractivity contribution in [1.29, 1.82) is 0 Å². The zero-order valence-electron chi connectivity index (χ0n) is 21.7. The number of carbonyl (C=O) groups is 2. The number of para-hydroxylation sites is 1. The normalized spacial score (nSPS) is 15.4. The fraction of sp³-hybridized carbons (Fsp3) is 0.310. The van der Waals surface area contributed by atoms with Gasteiger partial charge in [0, 0.05) is 36.3 Å². The van der Waals surface area contributed by atoms with Crippen molar-refractivity contribution >= 4 is 29.7 Å². The molecular weight excluding hydrogens is 503 g/mol. The third kappa shape index (κ3) is 6.65. The van der Waals surface area contributed by atoms with Gasteiger partial charge in [-0.1, -0.05) is 44.2 Å².